The van der Waals surface area contributed by atoms with E-state index in [-0.39, 0.29) is 30.2 Å². The Hall–Kier alpha value is -1.72. The molecule has 1 heterocycles. The number of ether oxygens (including phenoxy) is 3. The summed E-state index contributed by atoms with van der Waals surface area (Å²) in [5.74, 6) is 1.57. The Morgan fingerprint density at radius 1 is 1.15 bits per heavy atom. The number of esters is 1. The van der Waals surface area contributed by atoms with E-state index >= 15 is 0 Å². The molecule has 3 fully saturated rings. The van der Waals surface area contributed by atoms with Crippen molar-refractivity contribution < 1.29 is 23.8 Å². The van der Waals surface area contributed by atoms with Gasteiger partial charge in [0.15, 0.2) is 12.1 Å². The highest BCUT2D eigenvalue weighted by atomic mass is 16.7. The van der Waals surface area contributed by atoms with E-state index in [4.69, 9.17) is 14.2 Å². The fourth-order valence-electron chi connectivity index (χ4n) is 6.03. The van der Waals surface area contributed by atoms with Crippen LogP contribution in [0.4, 0.5) is 0 Å². The van der Waals surface area contributed by atoms with E-state index in [9.17, 15) is 9.59 Å². The van der Waals surface area contributed by atoms with Crippen LogP contribution in [-0.2, 0) is 23.8 Å². The van der Waals surface area contributed by atoms with Crippen LogP contribution in [0.2, 0.25) is 0 Å². The average Bonchev–Trinajstić information content (AvgIpc) is 3.54. The maximum absolute atomic E-state index is 12.7. The fraction of sp³-hybridized carbons (Fsp3) is 0.714. The van der Waals surface area contributed by atoms with E-state index in [2.05, 4.69) is 24.3 Å². The zero-order chi connectivity index (χ0) is 23.0. The Kier molecular flexibility index (Phi) is 8.96. The second-order valence-corrected chi connectivity index (χ2v) is 10.0. The van der Waals surface area contributed by atoms with Gasteiger partial charge < -0.3 is 14.2 Å². The smallest absolute Gasteiger partial charge is 0.306 e. The number of carbonyl (C=O) groups is 2. The van der Waals surface area contributed by atoms with Crippen LogP contribution >= 0.6 is 0 Å². The molecule has 1 saturated heterocycles. The first-order chi connectivity index (χ1) is 16.1. The van der Waals surface area contributed by atoms with Gasteiger partial charge in [-0.1, -0.05) is 42.7 Å². The van der Waals surface area contributed by atoms with Crippen LogP contribution < -0.4 is 0 Å². The average molecular weight is 457 g/mol. The van der Waals surface area contributed by atoms with Crippen LogP contribution in [0.1, 0.15) is 77.6 Å². The fourth-order valence-corrected chi connectivity index (χ4v) is 6.03. The highest BCUT2D eigenvalue weighted by molar-refractivity contribution is 5.91. The predicted molar refractivity (Wildman–Crippen MR) is 127 cm³/mol. The summed E-state index contributed by atoms with van der Waals surface area (Å²) < 4.78 is 17.3. The summed E-state index contributed by atoms with van der Waals surface area (Å²) in [5.41, 5.74) is 1.33. The van der Waals surface area contributed by atoms with Crippen molar-refractivity contribution in [2.75, 3.05) is 13.2 Å². The van der Waals surface area contributed by atoms with Crippen LogP contribution in [-0.4, -0.2) is 37.4 Å². The van der Waals surface area contributed by atoms with Gasteiger partial charge in [0.2, 0.25) is 0 Å². The predicted octanol–water partition coefficient (Wildman–Crippen LogP) is 5.70. The van der Waals surface area contributed by atoms with Gasteiger partial charge in [0.1, 0.15) is 0 Å². The SMILES string of the molecule is CCOC(=O)CCC=CC1=C[C@H]2C[C@@H](OC3CCCCO3)[C@@H](C=CC(=O)C3CCCC3)[C@@H]2C1. The van der Waals surface area contributed by atoms with Crippen LogP contribution in [0.15, 0.2) is 36.0 Å². The first-order valence-corrected chi connectivity index (χ1v) is 13.2. The summed E-state index contributed by atoms with van der Waals surface area (Å²) in [6, 6.07) is 0. The lowest BCUT2D eigenvalue weighted by molar-refractivity contribution is -0.192. The van der Waals surface area contributed by atoms with Gasteiger partial charge in [-0.2, -0.15) is 0 Å². The molecule has 0 radical (unpaired) electrons. The molecule has 5 atom stereocenters. The molecule has 5 nitrogen and oxygen atoms in total. The minimum atomic E-state index is -0.138. The number of hydrogen-bond acceptors (Lipinski definition) is 5. The molecule has 0 N–H and O–H groups in total. The normalized spacial score (nSPS) is 32.5. The van der Waals surface area contributed by atoms with Gasteiger partial charge in [-0.25, -0.2) is 0 Å². The first kappa shape index (κ1) is 24.4. The molecular weight excluding hydrogens is 416 g/mol. The van der Waals surface area contributed by atoms with Gasteiger partial charge >= 0.3 is 5.97 Å². The number of hydrogen-bond donors (Lipinski definition) is 0. The van der Waals surface area contributed by atoms with Crippen LogP contribution in [0.5, 0.6) is 0 Å². The highest BCUT2D eigenvalue weighted by Crippen LogP contribution is 2.49. The van der Waals surface area contributed by atoms with Gasteiger partial charge in [-0.3, -0.25) is 9.59 Å². The summed E-state index contributed by atoms with van der Waals surface area (Å²) in [7, 11) is 0. The quantitative estimate of drug-likeness (QED) is 0.312. The lowest BCUT2D eigenvalue weighted by Gasteiger charge is -2.29. The number of carbonyl (C=O) groups excluding carboxylic acids is 2. The number of fused-ring (bicyclic) bond motifs is 1. The molecular formula is C28H40O5. The minimum absolute atomic E-state index is 0.102. The molecule has 5 heteroatoms. The van der Waals surface area contributed by atoms with Gasteiger partial charge in [0.05, 0.1) is 12.7 Å². The molecule has 0 amide bonds. The zero-order valence-corrected chi connectivity index (χ0v) is 20.1. The summed E-state index contributed by atoms with van der Waals surface area (Å²) in [6.45, 7) is 3.05. The van der Waals surface area contributed by atoms with Crippen LogP contribution in [0.25, 0.3) is 0 Å². The Morgan fingerprint density at radius 2 is 1.97 bits per heavy atom. The molecule has 0 aromatic carbocycles. The maximum atomic E-state index is 12.7. The zero-order valence-electron chi connectivity index (χ0n) is 20.1. The summed E-state index contributed by atoms with van der Waals surface area (Å²) >= 11 is 0. The molecule has 4 rings (SSSR count). The Balaban J connectivity index is 1.37. The third-order valence-corrected chi connectivity index (χ3v) is 7.73. The molecule has 1 unspecified atom stereocenters. The van der Waals surface area contributed by atoms with E-state index in [0.717, 1.165) is 51.6 Å². The third kappa shape index (κ3) is 6.66. The summed E-state index contributed by atoms with van der Waals surface area (Å²) in [6.07, 6.45) is 21.5. The minimum Gasteiger partial charge on any atom is -0.466 e. The molecule has 0 aromatic rings. The topological polar surface area (TPSA) is 61.8 Å². The second kappa shape index (κ2) is 12.1. The van der Waals surface area contributed by atoms with Crippen molar-refractivity contribution in [1.29, 1.82) is 0 Å². The third-order valence-electron chi connectivity index (χ3n) is 7.73. The van der Waals surface area contributed by atoms with E-state index in [1.807, 2.05) is 13.0 Å². The van der Waals surface area contributed by atoms with Gasteiger partial charge in [-0.15, -0.1) is 0 Å². The van der Waals surface area contributed by atoms with Crippen molar-refractivity contribution >= 4 is 11.8 Å². The lowest BCUT2D eigenvalue weighted by atomic mass is 9.88. The van der Waals surface area contributed by atoms with E-state index in [1.165, 1.54) is 18.4 Å². The lowest BCUT2D eigenvalue weighted by Crippen LogP contribution is -2.30. The van der Waals surface area contributed by atoms with Crippen molar-refractivity contribution in [2.45, 2.75) is 89.9 Å². The maximum Gasteiger partial charge on any atom is 0.306 e. The Labute approximate surface area is 198 Å². The number of ketones is 1. The van der Waals surface area contributed by atoms with Crippen molar-refractivity contribution in [3.63, 3.8) is 0 Å². The molecule has 2 saturated carbocycles. The molecule has 0 spiro atoms. The van der Waals surface area contributed by atoms with E-state index < -0.39 is 0 Å². The van der Waals surface area contributed by atoms with Gasteiger partial charge in [0.25, 0.3) is 0 Å². The Bertz CT molecular complexity index is 754. The summed E-state index contributed by atoms with van der Waals surface area (Å²) in [4.78, 5) is 24.3. The molecule has 1 aliphatic heterocycles. The Morgan fingerprint density at radius 3 is 2.73 bits per heavy atom. The molecule has 0 bridgehead atoms. The second-order valence-electron chi connectivity index (χ2n) is 10.0. The monoisotopic (exact) mass is 456 g/mol. The summed E-state index contributed by atoms with van der Waals surface area (Å²) in [5, 5.41) is 0. The number of rotatable bonds is 10. The molecule has 33 heavy (non-hydrogen) atoms. The van der Waals surface area contributed by atoms with E-state index in [1.54, 1.807) is 0 Å². The van der Waals surface area contributed by atoms with Gasteiger partial charge in [0, 0.05) is 24.9 Å². The van der Waals surface area contributed by atoms with Crippen molar-refractivity contribution in [3.05, 3.63) is 36.0 Å². The van der Waals surface area contributed by atoms with Crippen molar-refractivity contribution in [1.82, 2.24) is 0 Å². The highest BCUT2D eigenvalue weighted by Gasteiger charge is 2.45. The van der Waals surface area contributed by atoms with Crippen molar-refractivity contribution in [2.24, 2.45) is 23.7 Å². The molecule has 4 aliphatic rings. The molecule has 0 aromatic heterocycles. The molecule has 3 aliphatic carbocycles. The van der Waals surface area contributed by atoms with Crippen LogP contribution in [0, 0.1) is 23.7 Å². The van der Waals surface area contributed by atoms with Gasteiger partial charge in [-0.05, 0) is 76.2 Å². The largest absolute Gasteiger partial charge is 0.466 e. The number of allylic oxidation sites excluding steroid dienone is 5. The molecule has 182 valence electrons. The van der Waals surface area contributed by atoms with E-state index in [0.29, 0.717) is 37.1 Å². The first-order valence-electron chi connectivity index (χ1n) is 13.2. The van der Waals surface area contributed by atoms with Crippen molar-refractivity contribution in [3.8, 4) is 0 Å². The standard InChI is InChI=1S/C28H40O5/c1-2-31-27(30)12-6-3-9-20-17-22-19-26(33-28-13-7-8-16-32-28)23(24(22)18-20)14-15-25(29)21-10-4-5-11-21/h3,9,14-15,17,21-24,26,28H,2,4-8,10-13,16,18-19H2,1H3/t22-,23-,24+,26+,28?/m0/s1. The van der Waals surface area contributed by atoms with Crippen LogP contribution in [0.3, 0.4) is 0 Å².